The Kier molecular flexibility index (Phi) is 3.73. The van der Waals surface area contributed by atoms with Crippen LogP contribution in [0.15, 0.2) is 24.4 Å². The third kappa shape index (κ3) is 3.03. The van der Waals surface area contributed by atoms with Gasteiger partial charge >= 0.3 is 0 Å². The first-order chi connectivity index (χ1) is 7.36. The van der Waals surface area contributed by atoms with E-state index in [-0.39, 0.29) is 0 Å². The van der Waals surface area contributed by atoms with Crippen molar-refractivity contribution in [3.8, 4) is 0 Å². The van der Waals surface area contributed by atoms with Gasteiger partial charge < -0.3 is 5.32 Å². The predicted octanol–water partition coefficient (Wildman–Crippen LogP) is 2.26. The maximum absolute atomic E-state index is 4.37. The molecule has 2 nitrogen and oxygen atoms in total. The first-order valence-electron chi connectivity index (χ1n) is 5.97. The van der Waals surface area contributed by atoms with Crippen LogP contribution in [0.1, 0.15) is 25.5 Å². The number of aromatic nitrogens is 1. The first-order valence-corrected chi connectivity index (χ1v) is 5.97. The fraction of sp³-hybridized carbons (Fsp3) is 0.615. The smallest absolute Gasteiger partial charge is 0.0403 e. The molecule has 0 aromatic carbocycles. The number of piperidine rings is 1. The molecule has 0 saturated carbocycles. The highest BCUT2D eigenvalue weighted by Crippen LogP contribution is 2.22. The Morgan fingerprint density at radius 2 is 2.40 bits per heavy atom. The van der Waals surface area contributed by atoms with Crippen molar-refractivity contribution in [3.05, 3.63) is 30.1 Å². The Hall–Kier alpha value is -0.890. The molecule has 82 valence electrons. The normalized spacial score (nSPS) is 26.5. The number of hydrogen-bond donors (Lipinski definition) is 1. The Morgan fingerprint density at radius 3 is 3.13 bits per heavy atom. The molecule has 0 bridgehead atoms. The highest BCUT2D eigenvalue weighted by molar-refractivity contribution is 5.03. The zero-order valence-corrected chi connectivity index (χ0v) is 9.45. The molecule has 0 radical (unpaired) electrons. The van der Waals surface area contributed by atoms with Crippen LogP contribution in [0.3, 0.4) is 0 Å². The van der Waals surface area contributed by atoms with Crippen molar-refractivity contribution < 1.29 is 0 Å². The molecule has 2 atom stereocenters. The molecule has 1 aromatic rings. The summed E-state index contributed by atoms with van der Waals surface area (Å²) in [6, 6.07) is 6.18. The minimum atomic E-state index is 0.834. The van der Waals surface area contributed by atoms with Gasteiger partial charge in [-0.05, 0) is 56.3 Å². The van der Waals surface area contributed by atoms with E-state index in [1.807, 2.05) is 12.3 Å². The van der Waals surface area contributed by atoms with E-state index in [2.05, 4.69) is 29.4 Å². The Balaban J connectivity index is 1.82. The Labute approximate surface area is 92.1 Å². The lowest BCUT2D eigenvalue weighted by molar-refractivity contribution is 0.259. The van der Waals surface area contributed by atoms with E-state index in [4.69, 9.17) is 0 Å². The maximum atomic E-state index is 4.37. The van der Waals surface area contributed by atoms with Gasteiger partial charge in [-0.1, -0.05) is 13.0 Å². The van der Waals surface area contributed by atoms with Crippen molar-refractivity contribution in [1.82, 2.24) is 10.3 Å². The van der Waals surface area contributed by atoms with Gasteiger partial charge in [0.15, 0.2) is 0 Å². The zero-order chi connectivity index (χ0) is 10.5. The van der Waals surface area contributed by atoms with Crippen molar-refractivity contribution in [2.24, 2.45) is 11.8 Å². The van der Waals surface area contributed by atoms with E-state index >= 15 is 0 Å². The summed E-state index contributed by atoms with van der Waals surface area (Å²) in [5.41, 5.74) is 1.23. The number of nitrogens with zero attached hydrogens (tertiary/aromatic N) is 1. The van der Waals surface area contributed by atoms with Crippen molar-refractivity contribution in [2.45, 2.75) is 26.2 Å². The highest BCUT2D eigenvalue weighted by atomic mass is 14.9. The van der Waals surface area contributed by atoms with Crippen LogP contribution in [-0.2, 0) is 6.42 Å². The monoisotopic (exact) mass is 204 g/mol. The summed E-state index contributed by atoms with van der Waals surface area (Å²) >= 11 is 0. The Bertz CT molecular complexity index is 284. The summed E-state index contributed by atoms with van der Waals surface area (Å²) in [7, 11) is 0. The molecule has 1 aliphatic rings. The molecule has 2 heteroatoms. The summed E-state index contributed by atoms with van der Waals surface area (Å²) in [6.45, 7) is 4.76. The third-order valence-corrected chi connectivity index (χ3v) is 3.49. The lowest BCUT2D eigenvalue weighted by Gasteiger charge is -2.29. The van der Waals surface area contributed by atoms with Gasteiger partial charge in [-0.25, -0.2) is 0 Å². The number of nitrogens with one attached hydrogen (secondary N) is 1. The molecule has 15 heavy (non-hydrogen) atoms. The minimum Gasteiger partial charge on any atom is -0.316 e. The van der Waals surface area contributed by atoms with Crippen molar-refractivity contribution in [3.63, 3.8) is 0 Å². The average Bonchev–Trinajstić information content (AvgIpc) is 2.29. The van der Waals surface area contributed by atoms with Crippen molar-refractivity contribution in [1.29, 1.82) is 0 Å². The molecule has 1 aliphatic heterocycles. The van der Waals surface area contributed by atoms with Crippen molar-refractivity contribution in [2.75, 3.05) is 13.1 Å². The van der Waals surface area contributed by atoms with E-state index in [0.717, 1.165) is 18.3 Å². The largest absolute Gasteiger partial charge is 0.316 e. The summed E-state index contributed by atoms with van der Waals surface area (Å²) in [6.07, 6.45) is 5.60. The molecule has 2 heterocycles. The molecule has 1 N–H and O–H groups in total. The summed E-state index contributed by atoms with van der Waals surface area (Å²) in [5, 5.41) is 3.48. The first kappa shape index (κ1) is 10.6. The maximum Gasteiger partial charge on any atom is 0.0403 e. The van der Waals surface area contributed by atoms with Crippen LogP contribution in [0.2, 0.25) is 0 Å². The predicted molar refractivity (Wildman–Crippen MR) is 62.7 cm³/mol. The summed E-state index contributed by atoms with van der Waals surface area (Å²) < 4.78 is 0. The van der Waals surface area contributed by atoms with Gasteiger partial charge in [-0.3, -0.25) is 4.98 Å². The number of rotatable bonds is 3. The van der Waals surface area contributed by atoms with Gasteiger partial charge in [0.25, 0.3) is 0 Å². The zero-order valence-electron chi connectivity index (χ0n) is 9.45. The topological polar surface area (TPSA) is 24.9 Å². The fourth-order valence-electron chi connectivity index (χ4n) is 2.32. The lowest BCUT2D eigenvalue weighted by atomic mass is 9.84. The summed E-state index contributed by atoms with van der Waals surface area (Å²) in [4.78, 5) is 4.37. The number of pyridine rings is 1. The van der Waals surface area contributed by atoms with Gasteiger partial charge in [0.05, 0.1) is 0 Å². The van der Waals surface area contributed by atoms with Crippen LogP contribution in [0.25, 0.3) is 0 Å². The van der Waals surface area contributed by atoms with E-state index in [0.29, 0.717) is 0 Å². The second-order valence-electron chi connectivity index (χ2n) is 4.59. The van der Waals surface area contributed by atoms with Gasteiger partial charge in [0.1, 0.15) is 0 Å². The molecular weight excluding hydrogens is 184 g/mol. The molecule has 0 spiro atoms. The van der Waals surface area contributed by atoms with Gasteiger partial charge in [-0.2, -0.15) is 0 Å². The van der Waals surface area contributed by atoms with E-state index in [1.165, 1.54) is 31.6 Å². The molecule has 1 aromatic heterocycles. The second-order valence-corrected chi connectivity index (χ2v) is 4.59. The van der Waals surface area contributed by atoms with Gasteiger partial charge in [0.2, 0.25) is 0 Å². The van der Waals surface area contributed by atoms with E-state index < -0.39 is 0 Å². The molecule has 1 fully saturated rings. The van der Waals surface area contributed by atoms with E-state index in [1.54, 1.807) is 0 Å². The SMILES string of the molecule is CC1CCNCC1CCc1ccccn1. The van der Waals surface area contributed by atoms with Crippen LogP contribution >= 0.6 is 0 Å². The van der Waals surface area contributed by atoms with Crippen LogP contribution in [0.5, 0.6) is 0 Å². The second kappa shape index (κ2) is 5.26. The minimum absolute atomic E-state index is 0.834. The van der Waals surface area contributed by atoms with Gasteiger partial charge in [-0.15, -0.1) is 0 Å². The van der Waals surface area contributed by atoms with Crippen molar-refractivity contribution >= 4 is 0 Å². The summed E-state index contributed by atoms with van der Waals surface area (Å²) in [5.74, 6) is 1.70. The average molecular weight is 204 g/mol. The molecule has 0 aliphatic carbocycles. The molecule has 0 amide bonds. The molecule has 2 rings (SSSR count). The fourth-order valence-corrected chi connectivity index (χ4v) is 2.32. The number of aryl methyl sites for hydroxylation is 1. The Morgan fingerprint density at radius 1 is 1.47 bits per heavy atom. The van der Waals surface area contributed by atoms with Crippen LogP contribution in [-0.4, -0.2) is 18.1 Å². The molecular formula is C13H20N2. The highest BCUT2D eigenvalue weighted by Gasteiger charge is 2.20. The third-order valence-electron chi connectivity index (χ3n) is 3.49. The number of hydrogen-bond acceptors (Lipinski definition) is 2. The quantitative estimate of drug-likeness (QED) is 0.817. The molecule has 1 saturated heterocycles. The standard InChI is InChI=1S/C13H20N2/c1-11-7-9-14-10-12(11)5-6-13-4-2-3-8-15-13/h2-4,8,11-12,14H,5-7,9-10H2,1H3. The van der Waals surface area contributed by atoms with Gasteiger partial charge in [0, 0.05) is 11.9 Å². The lowest BCUT2D eigenvalue weighted by Crippen LogP contribution is -2.35. The molecule has 2 unspecified atom stereocenters. The van der Waals surface area contributed by atoms with E-state index in [9.17, 15) is 0 Å². The van der Waals surface area contributed by atoms with Crippen LogP contribution in [0.4, 0.5) is 0 Å². The van der Waals surface area contributed by atoms with Crippen LogP contribution < -0.4 is 5.32 Å². The van der Waals surface area contributed by atoms with Crippen LogP contribution in [0, 0.1) is 11.8 Å².